The Labute approximate surface area is 43.7 Å². The normalized spacial score (nSPS) is 13.4. The molecular weight excluding hydrogens is 90.1 g/mol. The third-order valence-electron chi connectivity index (χ3n) is 0.895. The molecule has 0 spiro atoms. The molecule has 0 aliphatic carbocycles. The van der Waals surface area contributed by atoms with Crippen LogP contribution in [0.3, 0.4) is 0 Å². The van der Waals surface area contributed by atoms with Crippen LogP contribution in [0.1, 0.15) is 13.3 Å². The average Bonchev–Trinajstić information content (AvgIpc) is 1.65. The van der Waals surface area contributed by atoms with Crippen LogP contribution in [-0.2, 0) is 4.79 Å². The molecule has 7 heavy (non-hydrogen) atoms. The third kappa shape index (κ3) is 2.20. The van der Waals surface area contributed by atoms with Crippen LogP contribution in [0.4, 0.5) is 0 Å². The van der Waals surface area contributed by atoms with Crippen LogP contribution in [0.2, 0.25) is 0 Å². The Morgan fingerprint density at radius 1 is 2.00 bits per heavy atom. The monoisotopic (exact) mass is 100 g/mol. The predicted octanol–water partition coefficient (Wildman–Crippen LogP) is 0.332. The quantitative estimate of drug-likeness (QED) is 0.534. The van der Waals surface area contributed by atoms with Gasteiger partial charge in [-0.1, -0.05) is 6.92 Å². The van der Waals surface area contributed by atoms with E-state index in [1.165, 1.54) is 0 Å². The van der Waals surface area contributed by atoms with Crippen molar-refractivity contribution in [3.05, 3.63) is 6.92 Å². The highest BCUT2D eigenvalue weighted by Crippen LogP contribution is 1.95. The van der Waals surface area contributed by atoms with Crippen molar-refractivity contribution in [1.82, 2.24) is 0 Å². The summed E-state index contributed by atoms with van der Waals surface area (Å²) in [5, 5.41) is 0. The van der Waals surface area contributed by atoms with Gasteiger partial charge in [-0.15, -0.1) is 0 Å². The predicted molar refractivity (Wildman–Crippen MR) is 28.3 cm³/mol. The molecule has 2 nitrogen and oxygen atoms in total. The number of primary amides is 1. The Kier molecular flexibility index (Phi) is 2.41. The molecule has 1 amide bonds. The second kappa shape index (κ2) is 2.61. The van der Waals surface area contributed by atoms with E-state index < -0.39 is 0 Å². The second-order valence-electron chi connectivity index (χ2n) is 1.51. The van der Waals surface area contributed by atoms with Gasteiger partial charge < -0.3 is 5.73 Å². The van der Waals surface area contributed by atoms with Crippen LogP contribution in [0.15, 0.2) is 0 Å². The standard InChI is InChI=1S/C5H10NO/c1-3-4(2)5(6)7/h4H,2-3H2,1H3,(H2,6,7). The third-order valence-corrected chi connectivity index (χ3v) is 0.895. The van der Waals surface area contributed by atoms with Gasteiger partial charge in [0.25, 0.3) is 0 Å². The fourth-order valence-electron chi connectivity index (χ4n) is 0.201. The summed E-state index contributed by atoms with van der Waals surface area (Å²) in [6, 6.07) is 0. The summed E-state index contributed by atoms with van der Waals surface area (Å²) >= 11 is 0. The fraction of sp³-hybridized carbons (Fsp3) is 0.600. The Balaban J connectivity index is 3.34. The van der Waals surface area contributed by atoms with Crippen LogP contribution in [0.5, 0.6) is 0 Å². The smallest absolute Gasteiger partial charge is 0.220 e. The summed E-state index contributed by atoms with van der Waals surface area (Å²) in [5.41, 5.74) is 4.85. The molecule has 0 saturated carbocycles. The van der Waals surface area contributed by atoms with Crippen molar-refractivity contribution >= 4 is 5.91 Å². The molecule has 0 heterocycles. The van der Waals surface area contributed by atoms with Gasteiger partial charge in [0.2, 0.25) is 5.91 Å². The van der Waals surface area contributed by atoms with Crippen molar-refractivity contribution < 1.29 is 4.79 Å². The summed E-state index contributed by atoms with van der Waals surface area (Å²) in [6.07, 6.45) is 0.731. The molecule has 2 heteroatoms. The molecule has 0 aliphatic heterocycles. The minimum Gasteiger partial charge on any atom is -0.369 e. The Morgan fingerprint density at radius 2 is 2.43 bits per heavy atom. The molecule has 0 aromatic rings. The Hall–Kier alpha value is -0.530. The Bertz CT molecular complexity index is 70.5. The topological polar surface area (TPSA) is 43.1 Å². The number of carbonyl (C=O) groups excluding carboxylic acids is 1. The lowest BCUT2D eigenvalue weighted by Crippen LogP contribution is -2.19. The van der Waals surface area contributed by atoms with Crippen molar-refractivity contribution in [3.63, 3.8) is 0 Å². The molecule has 41 valence electrons. The summed E-state index contributed by atoms with van der Waals surface area (Å²) in [6.45, 7) is 5.36. The van der Waals surface area contributed by atoms with Gasteiger partial charge in [-0.05, 0) is 13.3 Å². The summed E-state index contributed by atoms with van der Waals surface area (Å²) in [4.78, 5) is 10.1. The molecule has 0 aromatic carbocycles. The SMILES string of the molecule is [CH2]C(CC)C(N)=O. The second-order valence-corrected chi connectivity index (χ2v) is 1.51. The van der Waals surface area contributed by atoms with Crippen LogP contribution in [0.25, 0.3) is 0 Å². The zero-order valence-electron chi connectivity index (χ0n) is 4.48. The van der Waals surface area contributed by atoms with Crippen molar-refractivity contribution in [1.29, 1.82) is 0 Å². The van der Waals surface area contributed by atoms with Crippen molar-refractivity contribution in [2.75, 3.05) is 0 Å². The van der Waals surface area contributed by atoms with Gasteiger partial charge in [0.15, 0.2) is 0 Å². The van der Waals surface area contributed by atoms with Crippen LogP contribution >= 0.6 is 0 Å². The number of amides is 1. The lowest BCUT2D eigenvalue weighted by Gasteiger charge is -1.97. The lowest BCUT2D eigenvalue weighted by atomic mass is 10.1. The highest BCUT2D eigenvalue weighted by atomic mass is 16.1. The maximum Gasteiger partial charge on any atom is 0.220 e. The van der Waals surface area contributed by atoms with Gasteiger partial charge in [0.1, 0.15) is 0 Å². The maximum absolute atomic E-state index is 10.1. The van der Waals surface area contributed by atoms with E-state index in [1.54, 1.807) is 0 Å². The maximum atomic E-state index is 10.1. The largest absolute Gasteiger partial charge is 0.369 e. The number of rotatable bonds is 2. The van der Waals surface area contributed by atoms with Crippen molar-refractivity contribution in [2.45, 2.75) is 13.3 Å². The van der Waals surface area contributed by atoms with Crippen molar-refractivity contribution in [3.8, 4) is 0 Å². The van der Waals surface area contributed by atoms with Crippen LogP contribution in [0, 0.1) is 12.8 Å². The van der Waals surface area contributed by atoms with Gasteiger partial charge >= 0.3 is 0 Å². The zero-order valence-corrected chi connectivity index (χ0v) is 4.48. The first-order valence-corrected chi connectivity index (χ1v) is 2.31. The molecule has 0 aromatic heterocycles. The fourth-order valence-corrected chi connectivity index (χ4v) is 0.201. The number of hydrogen-bond donors (Lipinski definition) is 1. The first-order chi connectivity index (χ1) is 3.18. The number of hydrogen-bond acceptors (Lipinski definition) is 1. The molecular formula is C5H10NO. The summed E-state index contributed by atoms with van der Waals surface area (Å²) in [5.74, 6) is -0.525. The van der Waals surface area contributed by atoms with E-state index >= 15 is 0 Å². The van der Waals surface area contributed by atoms with E-state index in [9.17, 15) is 4.79 Å². The first-order valence-electron chi connectivity index (χ1n) is 2.31. The molecule has 1 atom stereocenters. The molecule has 0 saturated heterocycles. The van der Waals surface area contributed by atoms with Gasteiger partial charge in [-0.3, -0.25) is 4.79 Å². The molecule has 2 N–H and O–H groups in total. The van der Waals surface area contributed by atoms with E-state index in [0.29, 0.717) is 0 Å². The first kappa shape index (κ1) is 6.47. The van der Waals surface area contributed by atoms with Crippen LogP contribution in [-0.4, -0.2) is 5.91 Å². The average molecular weight is 100 g/mol. The number of carbonyl (C=O) groups is 1. The minimum atomic E-state index is -0.317. The van der Waals surface area contributed by atoms with E-state index in [2.05, 4.69) is 6.92 Å². The highest BCUT2D eigenvalue weighted by molar-refractivity contribution is 5.77. The van der Waals surface area contributed by atoms with Crippen molar-refractivity contribution in [2.24, 2.45) is 11.7 Å². The zero-order chi connectivity index (χ0) is 5.86. The van der Waals surface area contributed by atoms with E-state index in [0.717, 1.165) is 6.42 Å². The van der Waals surface area contributed by atoms with Gasteiger partial charge in [0, 0.05) is 5.92 Å². The molecule has 1 unspecified atom stereocenters. The van der Waals surface area contributed by atoms with Gasteiger partial charge in [0.05, 0.1) is 0 Å². The summed E-state index contributed by atoms with van der Waals surface area (Å²) in [7, 11) is 0. The van der Waals surface area contributed by atoms with E-state index in [1.807, 2.05) is 6.92 Å². The van der Waals surface area contributed by atoms with Gasteiger partial charge in [-0.25, -0.2) is 0 Å². The molecule has 0 fully saturated rings. The van der Waals surface area contributed by atoms with Crippen LogP contribution < -0.4 is 5.73 Å². The minimum absolute atomic E-state index is 0.208. The molecule has 0 aliphatic rings. The lowest BCUT2D eigenvalue weighted by molar-refractivity contribution is -0.120. The highest BCUT2D eigenvalue weighted by Gasteiger charge is 2.02. The Morgan fingerprint density at radius 3 is 2.43 bits per heavy atom. The number of nitrogens with two attached hydrogens (primary N) is 1. The molecule has 1 radical (unpaired) electrons. The molecule has 0 bridgehead atoms. The van der Waals surface area contributed by atoms with Gasteiger partial charge in [-0.2, -0.15) is 0 Å². The summed E-state index contributed by atoms with van der Waals surface area (Å²) < 4.78 is 0. The van der Waals surface area contributed by atoms with E-state index in [4.69, 9.17) is 5.73 Å². The van der Waals surface area contributed by atoms with E-state index in [-0.39, 0.29) is 11.8 Å². The molecule has 0 rings (SSSR count).